The second kappa shape index (κ2) is 5.20. The van der Waals surface area contributed by atoms with Crippen LogP contribution in [0.4, 0.5) is 0 Å². The Labute approximate surface area is 83.4 Å². The van der Waals surface area contributed by atoms with Crippen LogP contribution in [0.5, 0.6) is 5.75 Å². The summed E-state index contributed by atoms with van der Waals surface area (Å²) in [4.78, 5) is 13.5. The molecular weight excluding hydrogens is 178 g/mol. The van der Waals surface area contributed by atoms with Gasteiger partial charge in [-0.1, -0.05) is 19.1 Å². The van der Waals surface area contributed by atoms with E-state index in [0.717, 1.165) is 11.3 Å². The molecule has 0 aliphatic heterocycles. The lowest BCUT2D eigenvalue weighted by Gasteiger charge is -2.09. The molecule has 0 aliphatic carbocycles. The molecule has 1 aromatic rings. The molecule has 0 saturated heterocycles. The van der Waals surface area contributed by atoms with Gasteiger partial charge in [0, 0.05) is 5.92 Å². The zero-order valence-electron chi connectivity index (χ0n) is 8.36. The number of carbonyl (C=O) groups excluding carboxylic acids is 1. The van der Waals surface area contributed by atoms with Crippen molar-refractivity contribution in [2.45, 2.75) is 12.8 Å². The van der Waals surface area contributed by atoms with E-state index >= 15 is 0 Å². The first-order chi connectivity index (χ1) is 6.77. The molecule has 0 fully saturated rings. The van der Waals surface area contributed by atoms with E-state index in [4.69, 9.17) is 4.74 Å². The van der Waals surface area contributed by atoms with Crippen LogP contribution in [-0.2, 0) is 4.79 Å². The van der Waals surface area contributed by atoms with Gasteiger partial charge >= 0.3 is 0 Å². The van der Waals surface area contributed by atoms with E-state index in [1.807, 2.05) is 31.2 Å². The van der Waals surface area contributed by atoms with Crippen LogP contribution >= 0.6 is 0 Å². The van der Waals surface area contributed by atoms with Crippen molar-refractivity contribution in [3.63, 3.8) is 0 Å². The molecule has 0 N–H and O–H groups in total. The average molecular weight is 191 g/mol. The molecule has 1 aromatic carbocycles. The molecule has 74 valence electrons. The third kappa shape index (κ3) is 2.71. The first kappa shape index (κ1) is 10.5. The molecule has 1 unspecified atom stereocenters. The Bertz CT molecular complexity index is 343. The zero-order valence-corrected chi connectivity index (χ0v) is 8.36. The molecular formula is C11H13NO2. The summed E-state index contributed by atoms with van der Waals surface area (Å²) in [7, 11) is 1.63. The van der Waals surface area contributed by atoms with Gasteiger partial charge in [0.15, 0.2) is 0 Å². The van der Waals surface area contributed by atoms with Crippen LogP contribution in [0.25, 0.3) is 0 Å². The molecule has 0 amide bonds. The summed E-state index contributed by atoms with van der Waals surface area (Å²) >= 11 is 0. The van der Waals surface area contributed by atoms with Crippen LogP contribution in [0.2, 0.25) is 0 Å². The molecule has 0 aromatic heterocycles. The number of benzene rings is 1. The Morgan fingerprint density at radius 3 is 3.00 bits per heavy atom. The van der Waals surface area contributed by atoms with Gasteiger partial charge in [0.1, 0.15) is 5.75 Å². The summed E-state index contributed by atoms with van der Waals surface area (Å²) in [6.45, 7) is 2.48. The molecule has 0 radical (unpaired) electrons. The fraction of sp³-hybridized carbons (Fsp3) is 0.364. The monoisotopic (exact) mass is 191 g/mol. The smallest absolute Gasteiger partial charge is 0.234 e. The van der Waals surface area contributed by atoms with E-state index in [2.05, 4.69) is 4.99 Å². The van der Waals surface area contributed by atoms with Crippen molar-refractivity contribution in [1.29, 1.82) is 0 Å². The van der Waals surface area contributed by atoms with E-state index in [0.29, 0.717) is 6.54 Å². The Hall–Kier alpha value is -1.60. The van der Waals surface area contributed by atoms with E-state index in [1.165, 1.54) is 0 Å². The molecule has 3 nitrogen and oxygen atoms in total. The van der Waals surface area contributed by atoms with Crippen molar-refractivity contribution in [2.75, 3.05) is 13.7 Å². The number of ether oxygens (including phenoxy) is 1. The normalized spacial score (nSPS) is 11.6. The van der Waals surface area contributed by atoms with Crippen molar-refractivity contribution >= 4 is 6.08 Å². The number of hydrogen-bond donors (Lipinski definition) is 0. The molecule has 1 rings (SSSR count). The van der Waals surface area contributed by atoms with Crippen molar-refractivity contribution in [2.24, 2.45) is 4.99 Å². The highest BCUT2D eigenvalue weighted by Crippen LogP contribution is 2.20. The minimum absolute atomic E-state index is 0.214. The lowest BCUT2D eigenvalue weighted by atomic mass is 10.0. The molecule has 0 heterocycles. The largest absolute Gasteiger partial charge is 0.497 e. The molecule has 0 bridgehead atoms. The summed E-state index contributed by atoms with van der Waals surface area (Å²) in [5, 5.41) is 0. The van der Waals surface area contributed by atoms with Gasteiger partial charge in [-0.3, -0.25) is 0 Å². The third-order valence-electron chi connectivity index (χ3n) is 2.09. The number of aliphatic imine (C=N–C) groups is 1. The van der Waals surface area contributed by atoms with Crippen LogP contribution in [0, 0.1) is 0 Å². The Kier molecular flexibility index (Phi) is 3.89. The van der Waals surface area contributed by atoms with Crippen molar-refractivity contribution in [1.82, 2.24) is 0 Å². The lowest BCUT2D eigenvalue weighted by Crippen LogP contribution is -1.97. The van der Waals surface area contributed by atoms with Crippen LogP contribution in [0.1, 0.15) is 18.4 Å². The van der Waals surface area contributed by atoms with Gasteiger partial charge in [-0.05, 0) is 17.7 Å². The van der Waals surface area contributed by atoms with E-state index in [9.17, 15) is 4.79 Å². The summed E-state index contributed by atoms with van der Waals surface area (Å²) < 4.78 is 5.10. The standard InChI is InChI=1S/C11H13NO2/c1-9(7-12-8-13)10-4-3-5-11(6-10)14-2/h3-6,9H,7H2,1-2H3. The van der Waals surface area contributed by atoms with Gasteiger partial charge in [-0.15, -0.1) is 0 Å². The topological polar surface area (TPSA) is 38.7 Å². The first-order valence-corrected chi connectivity index (χ1v) is 4.45. The number of nitrogens with zero attached hydrogens (tertiary/aromatic N) is 1. The second-order valence-electron chi connectivity index (χ2n) is 3.11. The highest BCUT2D eigenvalue weighted by Gasteiger charge is 2.04. The Balaban J connectivity index is 2.78. The maximum absolute atomic E-state index is 9.95. The third-order valence-corrected chi connectivity index (χ3v) is 2.09. The Morgan fingerprint density at radius 1 is 1.57 bits per heavy atom. The van der Waals surface area contributed by atoms with Crippen molar-refractivity contribution in [3.8, 4) is 5.75 Å². The summed E-state index contributed by atoms with van der Waals surface area (Å²) in [6, 6.07) is 7.76. The minimum atomic E-state index is 0.214. The van der Waals surface area contributed by atoms with Gasteiger partial charge in [0.05, 0.1) is 13.7 Å². The minimum Gasteiger partial charge on any atom is -0.497 e. The van der Waals surface area contributed by atoms with Gasteiger partial charge < -0.3 is 4.74 Å². The fourth-order valence-electron chi connectivity index (χ4n) is 1.23. The lowest BCUT2D eigenvalue weighted by molar-refractivity contribution is 0.414. The SMILES string of the molecule is COc1cccc(C(C)CN=C=O)c1. The molecule has 3 heteroatoms. The van der Waals surface area contributed by atoms with Crippen LogP contribution in [-0.4, -0.2) is 19.7 Å². The van der Waals surface area contributed by atoms with E-state index in [1.54, 1.807) is 13.2 Å². The second-order valence-corrected chi connectivity index (χ2v) is 3.11. The highest BCUT2D eigenvalue weighted by molar-refractivity contribution is 5.34. The maximum atomic E-state index is 9.95. The van der Waals surface area contributed by atoms with Crippen LogP contribution in [0.15, 0.2) is 29.3 Å². The summed E-state index contributed by atoms with van der Waals surface area (Å²) in [5.74, 6) is 1.04. The zero-order chi connectivity index (χ0) is 10.4. The predicted molar refractivity (Wildman–Crippen MR) is 54.4 cm³/mol. The number of rotatable bonds is 4. The van der Waals surface area contributed by atoms with Crippen molar-refractivity contribution in [3.05, 3.63) is 29.8 Å². The summed E-state index contributed by atoms with van der Waals surface area (Å²) in [5.41, 5.74) is 1.11. The Morgan fingerprint density at radius 2 is 2.36 bits per heavy atom. The van der Waals surface area contributed by atoms with Crippen LogP contribution in [0.3, 0.4) is 0 Å². The number of methoxy groups -OCH3 is 1. The molecule has 1 atom stereocenters. The van der Waals surface area contributed by atoms with Gasteiger partial charge in [0.2, 0.25) is 6.08 Å². The van der Waals surface area contributed by atoms with Gasteiger partial charge in [0.25, 0.3) is 0 Å². The molecule has 0 spiro atoms. The fourth-order valence-corrected chi connectivity index (χ4v) is 1.23. The van der Waals surface area contributed by atoms with Crippen molar-refractivity contribution < 1.29 is 9.53 Å². The maximum Gasteiger partial charge on any atom is 0.234 e. The molecule has 0 saturated carbocycles. The van der Waals surface area contributed by atoms with Crippen LogP contribution < -0.4 is 4.74 Å². The molecule has 0 aliphatic rings. The van der Waals surface area contributed by atoms with Gasteiger partial charge in [-0.2, -0.15) is 0 Å². The number of isocyanates is 1. The predicted octanol–water partition coefficient (Wildman–Crippen LogP) is 2.13. The van der Waals surface area contributed by atoms with E-state index < -0.39 is 0 Å². The van der Waals surface area contributed by atoms with E-state index in [-0.39, 0.29) is 5.92 Å². The average Bonchev–Trinajstić information content (AvgIpc) is 2.26. The van der Waals surface area contributed by atoms with Gasteiger partial charge in [-0.25, -0.2) is 9.79 Å². The molecule has 14 heavy (non-hydrogen) atoms. The summed E-state index contributed by atoms with van der Waals surface area (Å²) in [6.07, 6.45) is 1.54. The quantitative estimate of drug-likeness (QED) is 0.540. The first-order valence-electron chi connectivity index (χ1n) is 4.45. The highest BCUT2D eigenvalue weighted by atomic mass is 16.5. The number of hydrogen-bond acceptors (Lipinski definition) is 3.